The Morgan fingerprint density at radius 1 is 1.32 bits per heavy atom. The van der Waals surface area contributed by atoms with Crippen LogP contribution < -0.4 is 9.47 Å². The van der Waals surface area contributed by atoms with Crippen LogP contribution >= 0.6 is 9.24 Å². The number of aryl methyl sites for hydroxylation is 1. The van der Waals surface area contributed by atoms with Gasteiger partial charge in [-0.05, 0) is 31.0 Å². The third kappa shape index (κ3) is 4.53. The number of Topliss-reactive ketones (excluding diaryl/α,β-unsaturated/α-hetero) is 1. The topological polar surface area (TPSA) is 35.5 Å². The summed E-state index contributed by atoms with van der Waals surface area (Å²) in [6.07, 6.45) is 1.44. The molecular formula is C14H21LiO3P. The van der Waals surface area contributed by atoms with Crippen molar-refractivity contribution in [2.24, 2.45) is 0 Å². The van der Waals surface area contributed by atoms with Gasteiger partial charge < -0.3 is 9.47 Å². The van der Waals surface area contributed by atoms with Crippen LogP contribution in [0.3, 0.4) is 0 Å². The van der Waals surface area contributed by atoms with E-state index in [0.717, 1.165) is 18.4 Å². The molecule has 5 heteroatoms. The van der Waals surface area contributed by atoms with Crippen molar-refractivity contribution in [2.45, 2.75) is 25.4 Å². The normalized spacial score (nSPS) is 11.4. The summed E-state index contributed by atoms with van der Waals surface area (Å²) in [5, 5.41) is 0. The van der Waals surface area contributed by atoms with E-state index in [1.165, 1.54) is 0 Å². The number of hydrogen-bond donors (Lipinski definition) is 0. The van der Waals surface area contributed by atoms with E-state index in [4.69, 9.17) is 9.47 Å². The van der Waals surface area contributed by atoms with Gasteiger partial charge >= 0.3 is 18.9 Å². The molecule has 0 amide bonds. The first-order chi connectivity index (χ1) is 8.54. The van der Waals surface area contributed by atoms with Crippen LogP contribution in [0.4, 0.5) is 0 Å². The second-order valence-electron chi connectivity index (χ2n) is 4.16. The molecule has 0 saturated carbocycles. The standard InChI is InChI=1S/C14H20O3P.Li.H/c1-5-6-12(18)14(15)13-10(16-3)7-9(2)8-11(13)17-4;;/h7-8,12H,1,5-6,18H2,2-4H3;;. The van der Waals surface area contributed by atoms with E-state index in [1.54, 1.807) is 14.2 Å². The Kier molecular flexibility index (Phi) is 8.42. The van der Waals surface area contributed by atoms with Crippen molar-refractivity contribution >= 4 is 33.9 Å². The maximum absolute atomic E-state index is 12.4. The van der Waals surface area contributed by atoms with Crippen LogP contribution in [-0.2, 0) is 0 Å². The molecular weight excluding hydrogens is 254 g/mol. The Bertz CT molecular complexity index is 410. The zero-order chi connectivity index (χ0) is 13.7. The number of rotatable bonds is 6. The summed E-state index contributed by atoms with van der Waals surface area (Å²) in [7, 11) is 5.68. The fourth-order valence-electron chi connectivity index (χ4n) is 1.82. The van der Waals surface area contributed by atoms with Crippen LogP contribution in [0.1, 0.15) is 28.8 Å². The molecule has 1 aromatic carbocycles. The van der Waals surface area contributed by atoms with Gasteiger partial charge in [-0.15, -0.1) is 9.24 Å². The Morgan fingerprint density at radius 2 is 1.79 bits per heavy atom. The van der Waals surface area contributed by atoms with E-state index >= 15 is 0 Å². The van der Waals surface area contributed by atoms with Crippen LogP contribution in [0.5, 0.6) is 11.5 Å². The average Bonchev–Trinajstić information content (AvgIpc) is 2.36. The van der Waals surface area contributed by atoms with Gasteiger partial charge in [0.2, 0.25) is 0 Å². The molecule has 0 fully saturated rings. The van der Waals surface area contributed by atoms with Gasteiger partial charge in [-0.1, -0.05) is 13.3 Å². The zero-order valence-corrected chi connectivity index (χ0v) is 12.3. The van der Waals surface area contributed by atoms with Gasteiger partial charge in [-0.3, -0.25) is 4.79 Å². The first-order valence-electron chi connectivity index (χ1n) is 5.86. The predicted octanol–water partition coefficient (Wildman–Crippen LogP) is 2.40. The van der Waals surface area contributed by atoms with Gasteiger partial charge in [-0.25, -0.2) is 0 Å². The summed E-state index contributed by atoms with van der Waals surface area (Å²) in [5.74, 6) is 1.14. The SMILES string of the molecule is [CH2]CCC(P)C(=O)c1c(OC)cc(C)cc1OC.[LiH]. The minimum atomic E-state index is -0.159. The van der Waals surface area contributed by atoms with Gasteiger partial charge in [0, 0.05) is 5.66 Å². The van der Waals surface area contributed by atoms with Crippen molar-refractivity contribution in [2.75, 3.05) is 14.2 Å². The van der Waals surface area contributed by atoms with Crippen LogP contribution in [0, 0.1) is 13.8 Å². The molecule has 0 bridgehead atoms. The Balaban J connectivity index is 0.00000324. The molecule has 1 rings (SSSR count). The number of ketones is 1. The summed E-state index contributed by atoms with van der Waals surface area (Å²) in [6, 6.07) is 3.69. The molecule has 0 aliphatic carbocycles. The molecule has 0 saturated heterocycles. The summed E-state index contributed by atoms with van der Waals surface area (Å²) >= 11 is 0. The van der Waals surface area contributed by atoms with E-state index in [-0.39, 0.29) is 30.3 Å². The number of methoxy groups -OCH3 is 2. The van der Waals surface area contributed by atoms with Crippen LogP contribution in [-0.4, -0.2) is 44.5 Å². The third-order valence-electron chi connectivity index (χ3n) is 2.75. The summed E-state index contributed by atoms with van der Waals surface area (Å²) in [6.45, 7) is 5.71. The van der Waals surface area contributed by atoms with Gasteiger partial charge in [0.05, 0.1) is 14.2 Å². The molecule has 0 aromatic heterocycles. The quantitative estimate of drug-likeness (QED) is 0.454. The molecule has 1 aromatic rings. The Hall–Kier alpha value is -0.483. The fraction of sp³-hybridized carbons (Fsp3) is 0.429. The molecule has 0 aliphatic rings. The molecule has 0 aliphatic heterocycles. The van der Waals surface area contributed by atoms with Gasteiger partial charge in [0.25, 0.3) is 0 Å². The molecule has 2 unspecified atom stereocenters. The van der Waals surface area contributed by atoms with E-state index in [0.29, 0.717) is 17.1 Å². The van der Waals surface area contributed by atoms with Gasteiger partial charge in [0.15, 0.2) is 5.78 Å². The Morgan fingerprint density at radius 3 is 2.16 bits per heavy atom. The minimum absolute atomic E-state index is 0. The van der Waals surface area contributed by atoms with E-state index in [1.807, 2.05) is 19.1 Å². The number of carbonyl (C=O) groups excluding carboxylic acids is 1. The van der Waals surface area contributed by atoms with E-state index in [2.05, 4.69) is 16.2 Å². The van der Waals surface area contributed by atoms with Crippen molar-refractivity contribution in [1.29, 1.82) is 0 Å². The predicted molar refractivity (Wildman–Crippen MR) is 83.9 cm³/mol. The zero-order valence-electron chi connectivity index (χ0n) is 11.2. The number of hydrogen-bond acceptors (Lipinski definition) is 3. The average molecular weight is 275 g/mol. The van der Waals surface area contributed by atoms with Crippen molar-refractivity contribution in [1.82, 2.24) is 0 Å². The first kappa shape index (κ1) is 18.5. The number of benzene rings is 1. The molecule has 0 N–H and O–H groups in total. The molecule has 3 nitrogen and oxygen atoms in total. The fourth-order valence-corrected chi connectivity index (χ4v) is 2.22. The van der Waals surface area contributed by atoms with Crippen molar-refractivity contribution in [3.8, 4) is 11.5 Å². The molecule has 0 spiro atoms. The number of carbonyl (C=O) groups is 1. The second kappa shape index (κ2) is 8.64. The summed E-state index contributed by atoms with van der Waals surface area (Å²) in [5.41, 5.74) is 1.35. The van der Waals surface area contributed by atoms with Gasteiger partial charge in [0.1, 0.15) is 17.1 Å². The first-order valence-corrected chi connectivity index (χ1v) is 6.53. The summed E-state index contributed by atoms with van der Waals surface area (Å²) in [4.78, 5) is 12.4. The van der Waals surface area contributed by atoms with Crippen molar-refractivity contribution < 1.29 is 14.3 Å². The molecule has 1 radical (unpaired) electrons. The molecule has 0 heterocycles. The molecule has 19 heavy (non-hydrogen) atoms. The van der Waals surface area contributed by atoms with E-state index in [9.17, 15) is 4.79 Å². The van der Waals surface area contributed by atoms with Gasteiger partial charge in [-0.2, -0.15) is 0 Å². The maximum atomic E-state index is 12.4. The molecule has 101 valence electrons. The molecule has 2 atom stereocenters. The van der Waals surface area contributed by atoms with Crippen molar-refractivity contribution in [3.05, 3.63) is 30.2 Å². The van der Waals surface area contributed by atoms with Crippen molar-refractivity contribution in [3.63, 3.8) is 0 Å². The second-order valence-corrected chi connectivity index (χ2v) is 4.96. The third-order valence-corrected chi connectivity index (χ3v) is 3.38. The number of ether oxygens (including phenoxy) is 2. The van der Waals surface area contributed by atoms with Crippen LogP contribution in [0.15, 0.2) is 12.1 Å². The van der Waals surface area contributed by atoms with E-state index < -0.39 is 0 Å². The Labute approximate surface area is 129 Å². The van der Waals surface area contributed by atoms with Crippen LogP contribution in [0.25, 0.3) is 0 Å². The summed E-state index contributed by atoms with van der Waals surface area (Å²) < 4.78 is 10.6. The monoisotopic (exact) mass is 275 g/mol. The van der Waals surface area contributed by atoms with Crippen LogP contribution in [0.2, 0.25) is 0 Å².